The molecule has 2 aromatic rings. The van der Waals surface area contributed by atoms with Crippen molar-refractivity contribution in [2.45, 2.75) is 5.75 Å². The van der Waals surface area contributed by atoms with E-state index in [2.05, 4.69) is 42.1 Å². The SMILES string of the molecule is N/C(=N\N=C\c1cc(Br)ccc1O)SCc1ccc(Br)cc1. The molecule has 0 heterocycles. The van der Waals surface area contributed by atoms with E-state index in [9.17, 15) is 5.11 Å². The Morgan fingerprint density at radius 3 is 2.55 bits per heavy atom. The van der Waals surface area contributed by atoms with E-state index in [1.165, 1.54) is 18.0 Å². The highest BCUT2D eigenvalue weighted by molar-refractivity contribution is 9.10. The molecule has 0 saturated heterocycles. The molecular formula is C15H13Br2N3OS. The molecule has 4 nitrogen and oxygen atoms in total. The molecule has 114 valence electrons. The third-order valence-electron chi connectivity index (χ3n) is 2.64. The second kappa shape index (κ2) is 8.36. The van der Waals surface area contributed by atoms with Crippen molar-refractivity contribution in [3.8, 4) is 5.75 Å². The van der Waals surface area contributed by atoms with E-state index in [1.807, 2.05) is 24.3 Å². The number of amidine groups is 1. The molecule has 7 heteroatoms. The number of halogens is 2. The number of thioether (sulfide) groups is 1. The molecule has 0 amide bonds. The smallest absolute Gasteiger partial charge is 0.180 e. The van der Waals surface area contributed by atoms with Crippen LogP contribution in [-0.2, 0) is 5.75 Å². The van der Waals surface area contributed by atoms with E-state index >= 15 is 0 Å². The lowest BCUT2D eigenvalue weighted by molar-refractivity contribution is 0.474. The number of benzene rings is 2. The summed E-state index contributed by atoms with van der Waals surface area (Å²) in [6, 6.07) is 13.1. The average Bonchev–Trinajstić information content (AvgIpc) is 2.50. The van der Waals surface area contributed by atoms with Crippen molar-refractivity contribution < 1.29 is 5.11 Å². The maximum absolute atomic E-state index is 9.67. The minimum atomic E-state index is 0.142. The van der Waals surface area contributed by atoms with Crippen molar-refractivity contribution in [1.29, 1.82) is 0 Å². The van der Waals surface area contributed by atoms with Crippen LogP contribution in [0.2, 0.25) is 0 Å². The summed E-state index contributed by atoms with van der Waals surface area (Å²) in [5.41, 5.74) is 7.53. The van der Waals surface area contributed by atoms with Crippen molar-refractivity contribution in [2.24, 2.45) is 15.9 Å². The molecule has 0 atom stereocenters. The van der Waals surface area contributed by atoms with Crippen molar-refractivity contribution >= 4 is 55.0 Å². The van der Waals surface area contributed by atoms with Gasteiger partial charge < -0.3 is 10.8 Å². The molecule has 0 aliphatic heterocycles. The molecule has 0 aromatic heterocycles. The monoisotopic (exact) mass is 441 g/mol. The van der Waals surface area contributed by atoms with Gasteiger partial charge in [-0.05, 0) is 35.9 Å². The number of aromatic hydroxyl groups is 1. The quantitative estimate of drug-likeness (QED) is 0.416. The Labute approximate surface area is 149 Å². The Morgan fingerprint density at radius 2 is 1.82 bits per heavy atom. The van der Waals surface area contributed by atoms with Crippen molar-refractivity contribution in [1.82, 2.24) is 0 Å². The summed E-state index contributed by atoms with van der Waals surface area (Å²) in [7, 11) is 0. The Morgan fingerprint density at radius 1 is 1.14 bits per heavy atom. The number of hydrogen-bond donors (Lipinski definition) is 2. The fraction of sp³-hybridized carbons (Fsp3) is 0.0667. The van der Waals surface area contributed by atoms with Gasteiger partial charge in [0, 0.05) is 20.3 Å². The third kappa shape index (κ3) is 5.47. The van der Waals surface area contributed by atoms with E-state index in [-0.39, 0.29) is 5.75 Å². The molecule has 3 N–H and O–H groups in total. The van der Waals surface area contributed by atoms with Gasteiger partial charge in [-0.15, -0.1) is 5.10 Å². The predicted molar refractivity (Wildman–Crippen MR) is 100 cm³/mol. The predicted octanol–water partition coefficient (Wildman–Crippen LogP) is 4.50. The fourth-order valence-electron chi connectivity index (χ4n) is 1.54. The van der Waals surface area contributed by atoms with Crippen LogP contribution < -0.4 is 5.73 Å². The molecule has 0 aliphatic rings. The normalized spacial score (nSPS) is 12.0. The maximum Gasteiger partial charge on any atom is 0.180 e. The zero-order chi connectivity index (χ0) is 15.9. The first-order valence-electron chi connectivity index (χ1n) is 6.27. The molecule has 2 aromatic carbocycles. The van der Waals surface area contributed by atoms with Crippen LogP contribution in [0.4, 0.5) is 0 Å². The highest BCUT2D eigenvalue weighted by Crippen LogP contribution is 2.20. The molecule has 0 fully saturated rings. The summed E-state index contributed by atoms with van der Waals surface area (Å²) in [6.07, 6.45) is 1.47. The summed E-state index contributed by atoms with van der Waals surface area (Å²) in [4.78, 5) is 0. The van der Waals surface area contributed by atoms with Gasteiger partial charge in [0.25, 0.3) is 0 Å². The highest BCUT2D eigenvalue weighted by atomic mass is 79.9. The van der Waals surface area contributed by atoms with Crippen molar-refractivity contribution in [3.63, 3.8) is 0 Å². The second-order valence-corrected chi connectivity index (χ2v) is 7.13. The van der Waals surface area contributed by atoms with E-state index in [0.717, 1.165) is 20.3 Å². The molecule has 0 saturated carbocycles. The molecular weight excluding hydrogens is 430 g/mol. The lowest BCUT2D eigenvalue weighted by atomic mass is 10.2. The van der Waals surface area contributed by atoms with Crippen LogP contribution in [0.5, 0.6) is 5.75 Å². The van der Waals surface area contributed by atoms with Crippen LogP contribution >= 0.6 is 43.6 Å². The van der Waals surface area contributed by atoms with Gasteiger partial charge in [-0.2, -0.15) is 5.10 Å². The van der Waals surface area contributed by atoms with E-state index in [1.54, 1.807) is 18.2 Å². The Balaban J connectivity index is 1.93. The van der Waals surface area contributed by atoms with Gasteiger partial charge in [-0.25, -0.2) is 0 Å². The first-order valence-corrected chi connectivity index (χ1v) is 8.84. The van der Waals surface area contributed by atoms with Crippen molar-refractivity contribution in [3.05, 3.63) is 62.5 Å². The summed E-state index contributed by atoms with van der Waals surface area (Å²) in [5, 5.41) is 17.9. The van der Waals surface area contributed by atoms with Gasteiger partial charge in [0.15, 0.2) is 5.17 Å². The minimum absolute atomic E-state index is 0.142. The number of nitrogens with two attached hydrogens (primary N) is 1. The largest absolute Gasteiger partial charge is 0.507 e. The second-order valence-electron chi connectivity index (χ2n) is 4.30. The zero-order valence-electron chi connectivity index (χ0n) is 11.4. The van der Waals surface area contributed by atoms with E-state index < -0.39 is 0 Å². The summed E-state index contributed by atoms with van der Waals surface area (Å²) in [6.45, 7) is 0. The minimum Gasteiger partial charge on any atom is -0.507 e. The lowest BCUT2D eigenvalue weighted by Crippen LogP contribution is -2.06. The first kappa shape index (κ1) is 17.1. The molecule has 0 spiro atoms. The van der Waals surface area contributed by atoms with Gasteiger partial charge in [-0.3, -0.25) is 0 Å². The van der Waals surface area contributed by atoms with Gasteiger partial charge in [0.2, 0.25) is 0 Å². The number of phenols is 1. The van der Waals surface area contributed by atoms with Gasteiger partial charge in [0.05, 0.1) is 6.21 Å². The number of nitrogens with zero attached hydrogens (tertiary/aromatic N) is 2. The van der Waals surface area contributed by atoms with Crippen molar-refractivity contribution in [2.75, 3.05) is 0 Å². The Bertz CT molecular complexity index is 702. The molecule has 0 unspecified atom stereocenters. The summed E-state index contributed by atoms with van der Waals surface area (Å²) in [5.74, 6) is 0.864. The molecule has 0 aliphatic carbocycles. The van der Waals surface area contributed by atoms with E-state index in [0.29, 0.717) is 10.7 Å². The standard InChI is InChI=1S/C15H13Br2N3OS/c16-12-3-1-10(2-4-12)9-22-15(18)20-19-8-11-7-13(17)5-6-14(11)21/h1-8,21H,9H2,(H2,18,20)/b19-8+. The van der Waals surface area contributed by atoms with Crippen LogP contribution in [0.1, 0.15) is 11.1 Å². The fourth-order valence-corrected chi connectivity index (χ4v) is 2.80. The van der Waals surface area contributed by atoms with Gasteiger partial charge in [-0.1, -0.05) is 55.8 Å². The summed E-state index contributed by atoms with van der Waals surface area (Å²) >= 11 is 8.13. The van der Waals surface area contributed by atoms with Crippen LogP contribution in [0.15, 0.2) is 61.6 Å². The van der Waals surface area contributed by atoms with Crippen LogP contribution in [0.25, 0.3) is 0 Å². The number of rotatable bonds is 4. The van der Waals surface area contributed by atoms with Crippen LogP contribution in [-0.4, -0.2) is 16.5 Å². The molecule has 22 heavy (non-hydrogen) atoms. The van der Waals surface area contributed by atoms with Gasteiger partial charge >= 0.3 is 0 Å². The average molecular weight is 443 g/mol. The summed E-state index contributed by atoms with van der Waals surface area (Å²) < 4.78 is 1.90. The Hall–Kier alpha value is -1.31. The zero-order valence-corrected chi connectivity index (χ0v) is 15.4. The van der Waals surface area contributed by atoms with Crippen LogP contribution in [0, 0.1) is 0 Å². The number of hydrogen-bond acceptors (Lipinski definition) is 4. The third-order valence-corrected chi connectivity index (χ3v) is 4.52. The van der Waals surface area contributed by atoms with Crippen LogP contribution in [0.3, 0.4) is 0 Å². The first-order chi connectivity index (χ1) is 10.5. The van der Waals surface area contributed by atoms with E-state index in [4.69, 9.17) is 5.73 Å². The topological polar surface area (TPSA) is 71.0 Å². The molecule has 0 bridgehead atoms. The highest BCUT2D eigenvalue weighted by Gasteiger charge is 1.99. The number of phenolic OH excluding ortho intramolecular Hbond substituents is 1. The molecule has 0 radical (unpaired) electrons. The maximum atomic E-state index is 9.67. The van der Waals surface area contributed by atoms with Gasteiger partial charge in [0.1, 0.15) is 5.75 Å². The molecule has 2 rings (SSSR count). The Kier molecular flexibility index (Phi) is 6.48. The lowest BCUT2D eigenvalue weighted by Gasteiger charge is -2.00.